The fourth-order valence-electron chi connectivity index (χ4n) is 5.00. The van der Waals surface area contributed by atoms with Crippen molar-refractivity contribution in [2.75, 3.05) is 41.6 Å². The van der Waals surface area contributed by atoms with Crippen LogP contribution in [-0.2, 0) is 13.0 Å². The third-order valence-corrected chi connectivity index (χ3v) is 6.32. The highest BCUT2D eigenvalue weighted by Gasteiger charge is 2.34. The molecule has 1 saturated heterocycles. The van der Waals surface area contributed by atoms with Crippen LogP contribution in [0.4, 0.5) is 0 Å². The zero-order chi connectivity index (χ0) is 19.4. The van der Waals surface area contributed by atoms with Gasteiger partial charge >= 0.3 is 0 Å². The number of methoxy groups -OCH3 is 3. The third-order valence-electron chi connectivity index (χ3n) is 6.32. The first-order chi connectivity index (χ1) is 13.6. The highest BCUT2D eigenvalue weighted by molar-refractivity contribution is 6.12. The Morgan fingerprint density at radius 1 is 0.821 bits per heavy atom. The van der Waals surface area contributed by atoms with Crippen LogP contribution in [0, 0.1) is 0 Å². The van der Waals surface area contributed by atoms with Crippen molar-refractivity contribution in [1.82, 2.24) is 9.80 Å². The summed E-state index contributed by atoms with van der Waals surface area (Å²) in [5, 5.41) is 4.98. The fraction of sp³-hybridized carbons (Fsp3) is 0.391. The Bertz CT molecular complexity index is 1080. The summed E-state index contributed by atoms with van der Waals surface area (Å²) >= 11 is 0. The van der Waals surface area contributed by atoms with E-state index in [1.54, 1.807) is 21.3 Å². The molecule has 0 saturated carbocycles. The van der Waals surface area contributed by atoms with Gasteiger partial charge in [-0.1, -0.05) is 6.07 Å². The topological polar surface area (TPSA) is 34.2 Å². The summed E-state index contributed by atoms with van der Waals surface area (Å²) in [5.74, 6) is 2.42. The molecule has 3 aromatic rings. The van der Waals surface area contributed by atoms with Crippen molar-refractivity contribution < 1.29 is 14.2 Å². The largest absolute Gasteiger partial charge is 0.497 e. The van der Waals surface area contributed by atoms with E-state index in [1.807, 2.05) is 0 Å². The van der Waals surface area contributed by atoms with Gasteiger partial charge in [-0.3, -0.25) is 9.80 Å². The maximum absolute atomic E-state index is 5.63. The first-order valence-corrected chi connectivity index (χ1v) is 9.72. The van der Waals surface area contributed by atoms with Crippen LogP contribution in [0.2, 0.25) is 0 Å². The number of hydrogen-bond acceptors (Lipinski definition) is 5. The quantitative estimate of drug-likeness (QED) is 0.650. The molecule has 2 aliphatic heterocycles. The van der Waals surface area contributed by atoms with E-state index in [4.69, 9.17) is 14.2 Å². The summed E-state index contributed by atoms with van der Waals surface area (Å²) in [7, 11) is 7.32. The Morgan fingerprint density at radius 3 is 2.25 bits per heavy atom. The number of rotatable bonds is 3. The smallest absolute Gasteiger partial charge is 0.161 e. The van der Waals surface area contributed by atoms with Crippen molar-refractivity contribution in [2.45, 2.75) is 19.0 Å². The Morgan fingerprint density at radius 2 is 1.54 bits per heavy atom. The van der Waals surface area contributed by atoms with E-state index in [0.29, 0.717) is 6.04 Å². The number of benzene rings is 3. The third kappa shape index (κ3) is 2.54. The van der Waals surface area contributed by atoms with E-state index in [2.05, 4.69) is 47.2 Å². The molecule has 1 atom stereocenters. The van der Waals surface area contributed by atoms with Gasteiger partial charge in [-0.15, -0.1) is 0 Å². The molecule has 2 aliphatic rings. The zero-order valence-corrected chi connectivity index (χ0v) is 16.9. The van der Waals surface area contributed by atoms with E-state index in [0.717, 1.165) is 43.4 Å². The molecule has 0 amide bonds. The number of likely N-dealkylation sites (N-methyl/N-ethyl adjacent to an activating group) is 1. The van der Waals surface area contributed by atoms with E-state index < -0.39 is 0 Å². The molecule has 28 heavy (non-hydrogen) atoms. The predicted octanol–water partition coefficient (Wildman–Crippen LogP) is 3.65. The molecule has 2 heterocycles. The Balaban J connectivity index is 1.85. The van der Waals surface area contributed by atoms with Crippen molar-refractivity contribution >= 4 is 21.5 Å². The van der Waals surface area contributed by atoms with Crippen LogP contribution in [-0.4, -0.2) is 57.4 Å². The molecule has 0 bridgehead atoms. The van der Waals surface area contributed by atoms with Crippen molar-refractivity contribution in [2.24, 2.45) is 0 Å². The fourth-order valence-corrected chi connectivity index (χ4v) is 5.00. The maximum Gasteiger partial charge on any atom is 0.161 e. The minimum Gasteiger partial charge on any atom is -0.497 e. The summed E-state index contributed by atoms with van der Waals surface area (Å²) in [4.78, 5) is 5.01. The summed E-state index contributed by atoms with van der Waals surface area (Å²) in [5.41, 5.74) is 2.88. The molecule has 0 aromatic heterocycles. The number of nitrogens with zero attached hydrogens (tertiary/aromatic N) is 2. The van der Waals surface area contributed by atoms with Gasteiger partial charge in [0.2, 0.25) is 0 Å². The van der Waals surface area contributed by atoms with E-state index in [1.165, 1.54) is 32.7 Å². The first kappa shape index (κ1) is 17.6. The van der Waals surface area contributed by atoms with Gasteiger partial charge in [-0.05, 0) is 70.4 Å². The first-order valence-electron chi connectivity index (χ1n) is 9.72. The van der Waals surface area contributed by atoms with Gasteiger partial charge in [0.15, 0.2) is 11.5 Å². The van der Waals surface area contributed by atoms with E-state index in [9.17, 15) is 0 Å². The van der Waals surface area contributed by atoms with Crippen LogP contribution >= 0.6 is 0 Å². The van der Waals surface area contributed by atoms with Crippen LogP contribution in [0.5, 0.6) is 17.2 Å². The Kier molecular flexibility index (Phi) is 4.11. The second kappa shape index (κ2) is 6.54. The number of hydrogen-bond donors (Lipinski definition) is 0. The molecular weight excluding hydrogens is 352 g/mol. The van der Waals surface area contributed by atoms with Crippen molar-refractivity contribution in [3.8, 4) is 17.2 Å². The molecule has 0 N–H and O–H groups in total. The lowest BCUT2D eigenvalue weighted by atomic mass is 9.85. The average molecular weight is 378 g/mol. The molecule has 5 nitrogen and oxygen atoms in total. The van der Waals surface area contributed by atoms with Crippen LogP contribution in [0.15, 0.2) is 30.3 Å². The lowest BCUT2D eigenvalue weighted by Crippen LogP contribution is -2.36. The van der Waals surface area contributed by atoms with Gasteiger partial charge in [-0.2, -0.15) is 0 Å². The Labute approximate surface area is 165 Å². The molecule has 1 fully saturated rings. The van der Waals surface area contributed by atoms with Crippen molar-refractivity contribution in [3.05, 3.63) is 41.5 Å². The lowest BCUT2D eigenvalue weighted by Gasteiger charge is -2.32. The monoisotopic (exact) mass is 378 g/mol. The average Bonchev–Trinajstić information content (AvgIpc) is 3.10. The Hall–Kier alpha value is -2.50. The normalized spacial score (nSPS) is 19.6. The minimum atomic E-state index is 0.574. The number of ether oxygens (including phenoxy) is 3. The van der Waals surface area contributed by atoms with Gasteiger partial charge in [0.25, 0.3) is 0 Å². The van der Waals surface area contributed by atoms with Gasteiger partial charge in [0.05, 0.1) is 28.0 Å². The zero-order valence-electron chi connectivity index (χ0n) is 16.9. The molecule has 3 aromatic carbocycles. The van der Waals surface area contributed by atoms with Crippen LogP contribution in [0.25, 0.3) is 21.5 Å². The molecule has 0 unspecified atom stereocenters. The molecule has 146 valence electrons. The van der Waals surface area contributed by atoms with Crippen LogP contribution < -0.4 is 14.2 Å². The summed E-state index contributed by atoms with van der Waals surface area (Å²) in [6.45, 7) is 3.14. The van der Waals surface area contributed by atoms with Gasteiger partial charge in [0.1, 0.15) is 5.75 Å². The van der Waals surface area contributed by atoms with Gasteiger partial charge in [-0.25, -0.2) is 0 Å². The summed E-state index contributed by atoms with van der Waals surface area (Å²) in [6.07, 6.45) is 1.06. The van der Waals surface area contributed by atoms with Crippen molar-refractivity contribution in [1.29, 1.82) is 0 Å². The molecule has 5 heteroatoms. The molecular formula is C23H26N2O3. The van der Waals surface area contributed by atoms with E-state index >= 15 is 0 Å². The lowest BCUT2D eigenvalue weighted by molar-refractivity contribution is 0.215. The molecule has 5 rings (SSSR count). The van der Waals surface area contributed by atoms with Crippen LogP contribution in [0.3, 0.4) is 0 Å². The second-order valence-corrected chi connectivity index (χ2v) is 7.91. The second-order valence-electron chi connectivity index (χ2n) is 7.91. The number of fused-ring (bicyclic) bond motifs is 7. The predicted molar refractivity (Wildman–Crippen MR) is 112 cm³/mol. The van der Waals surface area contributed by atoms with Gasteiger partial charge in [0, 0.05) is 19.1 Å². The molecule has 0 aliphatic carbocycles. The van der Waals surface area contributed by atoms with Crippen molar-refractivity contribution in [3.63, 3.8) is 0 Å². The molecule has 0 spiro atoms. The highest BCUT2D eigenvalue weighted by atomic mass is 16.5. The molecule has 0 radical (unpaired) electrons. The maximum atomic E-state index is 5.63. The highest BCUT2D eigenvalue weighted by Crippen LogP contribution is 2.43. The summed E-state index contributed by atoms with van der Waals surface area (Å²) in [6, 6.07) is 11.3. The van der Waals surface area contributed by atoms with E-state index in [-0.39, 0.29) is 0 Å². The van der Waals surface area contributed by atoms with Crippen LogP contribution in [0.1, 0.15) is 11.1 Å². The minimum absolute atomic E-state index is 0.574. The van der Waals surface area contributed by atoms with Gasteiger partial charge < -0.3 is 14.2 Å². The SMILES string of the molecule is COc1ccc2c3c(c4cc(OC)c(OC)cc4c2c1)C[C@@H]1CN(C)CN1C3. The standard InChI is InChI=1S/C23H26N2O3/c1-24-11-14-7-17-19-9-22(27-3)23(28-4)10-20(19)18-8-15(26-2)5-6-16(18)21(17)12-25(14)13-24/h5-6,8-10,14H,7,11-13H2,1-4H3/t14-/m1/s1. The summed E-state index contributed by atoms with van der Waals surface area (Å²) < 4.78 is 16.8.